The van der Waals surface area contributed by atoms with Crippen LogP contribution in [0.2, 0.25) is 10.3 Å². The average molecular weight is 268 g/mol. The fourth-order valence-electron chi connectivity index (χ4n) is 1.50. The van der Waals surface area contributed by atoms with E-state index in [1.807, 2.05) is 26.0 Å². The fraction of sp³-hybridized carbons (Fsp3) is 0.250. The Morgan fingerprint density at radius 2 is 1.82 bits per heavy atom. The molecule has 0 atom stereocenters. The van der Waals surface area contributed by atoms with Gasteiger partial charge in [-0.15, -0.1) is 0 Å². The molecule has 2 heterocycles. The smallest absolute Gasteiger partial charge is 0.181 e. The van der Waals surface area contributed by atoms with Gasteiger partial charge in [0.2, 0.25) is 0 Å². The Morgan fingerprint density at radius 1 is 1.18 bits per heavy atom. The van der Waals surface area contributed by atoms with Gasteiger partial charge in [0.25, 0.3) is 0 Å². The summed E-state index contributed by atoms with van der Waals surface area (Å²) in [6, 6.07) is 3.81. The molecule has 2 aromatic rings. The third-order valence-corrected chi connectivity index (χ3v) is 3.03. The van der Waals surface area contributed by atoms with Crippen LogP contribution in [0.1, 0.15) is 18.1 Å². The Hall–Kier alpha value is -1.19. The highest BCUT2D eigenvalue weighted by atomic mass is 35.5. The molecule has 0 aromatic carbocycles. The molecule has 17 heavy (non-hydrogen) atoms. The Balaban J connectivity index is 2.54. The molecule has 3 nitrogen and oxygen atoms in total. The number of rotatable bonds is 2. The van der Waals surface area contributed by atoms with E-state index in [0.29, 0.717) is 28.2 Å². The van der Waals surface area contributed by atoms with Gasteiger partial charge in [-0.3, -0.25) is 4.98 Å². The fourth-order valence-corrected chi connectivity index (χ4v) is 2.15. The van der Waals surface area contributed by atoms with E-state index in [-0.39, 0.29) is 0 Å². The van der Waals surface area contributed by atoms with E-state index in [4.69, 9.17) is 23.2 Å². The van der Waals surface area contributed by atoms with Crippen molar-refractivity contribution < 1.29 is 0 Å². The van der Waals surface area contributed by atoms with E-state index in [0.717, 1.165) is 11.1 Å². The second kappa shape index (κ2) is 4.98. The minimum absolute atomic E-state index is 0.394. The molecule has 0 bridgehead atoms. The summed E-state index contributed by atoms with van der Waals surface area (Å²) in [6.07, 6.45) is 2.42. The zero-order valence-electron chi connectivity index (χ0n) is 9.54. The van der Waals surface area contributed by atoms with E-state index < -0.39 is 0 Å². The van der Waals surface area contributed by atoms with Gasteiger partial charge in [-0.1, -0.05) is 30.1 Å². The van der Waals surface area contributed by atoms with Gasteiger partial charge in [-0.05, 0) is 31.0 Å². The van der Waals surface area contributed by atoms with E-state index in [9.17, 15) is 0 Å². The van der Waals surface area contributed by atoms with Gasteiger partial charge >= 0.3 is 0 Å². The van der Waals surface area contributed by atoms with E-state index in [1.165, 1.54) is 0 Å². The lowest BCUT2D eigenvalue weighted by Gasteiger charge is -2.06. The Bertz CT molecular complexity index is 532. The molecule has 0 fully saturated rings. The molecular weight excluding hydrogens is 257 g/mol. The van der Waals surface area contributed by atoms with Gasteiger partial charge in [0.05, 0.1) is 0 Å². The predicted molar refractivity (Wildman–Crippen MR) is 69.4 cm³/mol. The molecule has 0 unspecified atom stereocenters. The Morgan fingerprint density at radius 3 is 2.35 bits per heavy atom. The van der Waals surface area contributed by atoms with Crippen LogP contribution in [0.15, 0.2) is 18.3 Å². The second-order valence-electron chi connectivity index (χ2n) is 3.68. The van der Waals surface area contributed by atoms with Crippen LogP contribution in [0.25, 0.3) is 11.5 Å². The van der Waals surface area contributed by atoms with Gasteiger partial charge in [0.1, 0.15) is 16.0 Å². The number of pyridine rings is 1. The zero-order chi connectivity index (χ0) is 12.4. The largest absolute Gasteiger partial charge is 0.253 e. The minimum atomic E-state index is 0.394. The SMILES string of the molecule is CCc1c(Cl)nc(-c2cc(C)ccn2)nc1Cl. The maximum Gasteiger partial charge on any atom is 0.181 e. The standard InChI is InChI=1S/C12H11Cl2N3/c1-3-8-10(13)16-12(17-11(8)14)9-6-7(2)4-5-15-9/h4-6H,3H2,1-2H3. The van der Waals surface area contributed by atoms with Crippen LogP contribution in [-0.2, 0) is 6.42 Å². The molecule has 0 saturated carbocycles. The maximum atomic E-state index is 6.06. The first-order valence-electron chi connectivity index (χ1n) is 5.26. The molecule has 88 valence electrons. The van der Waals surface area contributed by atoms with Crippen molar-refractivity contribution in [3.05, 3.63) is 39.8 Å². The molecular formula is C12H11Cl2N3. The summed E-state index contributed by atoms with van der Waals surface area (Å²) in [6.45, 7) is 3.94. The third kappa shape index (κ3) is 2.56. The second-order valence-corrected chi connectivity index (χ2v) is 4.40. The highest BCUT2D eigenvalue weighted by Crippen LogP contribution is 2.25. The highest BCUT2D eigenvalue weighted by molar-refractivity contribution is 6.34. The highest BCUT2D eigenvalue weighted by Gasteiger charge is 2.11. The molecule has 5 heteroatoms. The summed E-state index contributed by atoms with van der Waals surface area (Å²) < 4.78 is 0. The summed E-state index contributed by atoms with van der Waals surface area (Å²) in [5, 5.41) is 0.789. The molecule has 2 aromatic heterocycles. The van der Waals surface area contributed by atoms with Crippen LogP contribution < -0.4 is 0 Å². The number of nitrogens with zero attached hydrogens (tertiary/aromatic N) is 3. The van der Waals surface area contributed by atoms with E-state index in [2.05, 4.69) is 15.0 Å². The first-order valence-corrected chi connectivity index (χ1v) is 6.02. The molecule has 0 radical (unpaired) electrons. The van der Waals surface area contributed by atoms with Crippen LogP contribution >= 0.6 is 23.2 Å². The number of halogens is 2. The summed E-state index contributed by atoms with van der Waals surface area (Å²) in [7, 11) is 0. The van der Waals surface area contributed by atoms with Gasteiger partial charge in [-0.25, -0.2) is 9.97 Å². The lowest BCUT2D eigenvalue weighted by atomic mass is 10.2. The maximum absolute atomic E-state index is 6.06. The summed E-state index contributed by atoms with van der Waals surface area (Å²) >= 11 is 12.1. The summed E-state index contributed by atoms with van der Waals surface area (Å²) in [4.78, 5) is 12.7. The third-order valence-electron chi connectivity index (χ3n) is 2.40. The molecule has 0 spiro atoms. The first-order chi connectivity index (χ1) is 8.11. The van der Waals surface area contributed by atoms with Crippen molar-refractivity contribution in [1.82, 2.24) is 15.0 Å². The van der Waals surface area contributed by atoms with Gasteiger partial charge in [0, 0.05) is 11.8 Å². The number of aryl methyl sites for hydroxylation is 1. The van der Waals surface area contributed by atoms with Crippen molar-refractivity contribution in [3.8, 4) is 11.5 Å². The van der Waals surface area contributed by atoms with E-state index >= 15 is 0 Å². The van der Waals surface area contributed by atoms with Crippen molar-refractivity contribution >= 4 is 23.2 Å². The van der Waals surface area contributed by atoms with Crippen molar-refractivity contribution in [3.63, 3.8) is 0 Å². The molecule has 0 aliphatic carbocycles. The number of hydrogen-bond acceptors (Lipinski definition) is 3. The van der Waals surface area contributed by atoms with Crippen molar-refractivity contribution in [2.45, 2.75) is 20.3 Å². The normalized spacial score (nSPS) is 10.6. The molecule has 0 aliphatic rings. The Kier molecular flexibility index (Phi) is 3.60. The van der Waals surface area contributed by atoms with Crippen LogP contribution in [-0.4, -0.2) is 15.0 Å². The number of hydrogen-bond donors (Lipinski definition) is 0. The molecule has 0 amide bonds. The Labute approximate surface area is 110 Å². The molecule has 2 rings (SSSR count). The quantitative estimate of drug-likeness (QED) is 0.779. The van der Waals surface area contributed by atoms with Crippen LogP contribution in [0.3, 0.4) is 0 Å². The van der Waals surface area contributed by atoms with Crippen molar-refractivity contribution in [1.29, 1.82) is 0 Å². The van der Waals surface area contributed by atoms with E-state index in [1.54, 1.807) is 6.20 Å². The number of aromatic nitrogens is 3. The minimum Gasteiger partial charge on any atom is -0.253 e. The molecule has 0 N–H and O–H groups in total. The predicted octanol–water partition coefficient (Wildman–Crippen LogP) is 3.72. The molecule has 0 saturated heterocycles. The van der Waals surface area contributed by atoms with Gasteiger partial charge < -0.3 is 0 Å². The van der Waals surface area contributed by atoms with Crippen LogP contribution in [0.5, 0.6) is 0 Å². The zero-order valence-corrected chi connectivity index (χ0v) is 11.0. The van der Waals surface area contributed by atoms with Crippen LogP contribution in [0.4, 0.5) is 0 Å². The monoisotopic (exact) mass is 267 g/mol. The summed E-state index contributed by atoms with van der Waals surface area (Å²) in [5.41, 5.74) is 2.53. The average Bonchev–Trinajstić information content (AvgIpc) is 2.28. The van der Waals surface area contributed by atoms with Gasteiger partial charge in [-0.2, -0.15) is 0 Å². The lowest BCUT2D eigenvalue weighted by Crippen LogP contribution is -1.98. The van der Waals surface area contributed by atoms with Crippen molar-refractivity contribution in [2.75, 3.05) is 0 Å². The van der Waals surface area contributed by atoms with Crippen molar-refractivity contribution in [2.24, 2.45) is 0 Å². The topological polar surface area (TPSA) is 38.7 Å². The van der Waals surface area contributed by atoms with Gasteiger partial charge in [0.15, 0.2) is 5.82 Å². The molecule has 0 aliphatic heterocycles. The first kappa shape index (κ1) is 12.3. The lowest BCUT2D eigenvalue weighted by molar-refractivity contribution is 1.04. The summed E-state index contributed by atoms with van der Waals surface area (Å²) in [5.74, 6) is 0.459. The van der Waals surface area contributed by atoms with Crippen LogP contribution in [0, 0.1) is 6.92 Å².